The van der Waals surface area contributed by atoms with Crippen molar-refractivity contribution in [3.8, 4) is 5.75 Å². The van der Waals surface area contributed by atoms with E-state index < -0.39 is 11.6 Å². The number of nitrogens with zero attached hydrogens (tertiary/aromatic N) is 2. The van der Waals surface area contributed by atoms with Crippen LogP contribution in [-0.2, 0) is 11.4 Å². The summed E-state index contributed by atoms with van der Waals surface area (Å²) in [5.74, 6) is -1.13. The zero-order valence-electron chi connectivity index (χ0n) is 12.9. The van der Waals surface area contributed by atoms with Crippen molar-refractivity contribution in [2.75, 3.05) is 5.75 Å². The second kappa shape index (κ2) is 7.89. The molecule has 1 aliphatic rings. The van der Waals surface area contributed by atoms with E-state index in [9.17, 15) is 13.6 Å². The lowest BCUT2D eigenvalue weighted by molar-refractivity contribution is -0.116. The van der Waals surface area contributed by atoms with E-state index in [0.717, 1.165) is 29.3 Å². The Kier molecular flexibility index (Phi) is 5.39. The summed E-state index contributed by atoms with van der Waals surface area (Å²) < 4.78 is 32.2. The number of rotatable bonds is 5. The van der Waals surface area contributed by atoms with Gasteiger partial charge < -0.3 is 10.1 Å². The number of ether oxygens (including phenoxy) is 1. The molecule has 5 nitrogen and oxygen atoms in total. The molecule has 0 unspecified atom stereocenters. The van der Waals surface area contributed by atoms with Gasteiger partial charge in [-0.15, -0.1) is 5.10 Å². The van der Waals surface area contributed by atoms with Crippen LogP contribution in [0.5, 0.6) is 5.75 Å². The minimum Gasteiger partial charge on any atom is -0.486 e. The lowest BCUT2D eigenvalue weighted by atomic mass is 10.1. The summed E-state index contributed by atoms with van der Waals surface area (Å²) in [7, 11) is 0. The number of amides is 1. The highest BCUT2D eigenvalue weighted by Crippen LogP contribution is 2.20. The lowest BCUT2D eigenvalue weighted by Crippen LogP contribution is -2.19. The number of thioether (sulfide) groups is 1. The maximum absolute atomic E-state index is 13.6. The number of hydrogen-bond donors (Lipinski definition) is 1. The molecular formula is C17H13F2N3O2S. The number of amidine groups is 1. The molecule has 1 fully saturated rings. The third-order valence-corrected chi connectivity index (χ3v) is 4.13. The van der Waals surface area contributed by atoms with Gasteiger partial charge in [-0.05, 0) is 17.7 Å². The van der Waals surface area contributed by atoms with Gasteiger partial charge in [0, 0.05) is 11.6 Å². The van der Waals surface area contributed by atoms with E-state index >= 15 is 0 Å². The Morgan fingerprint density at radius 2 is 2.08 bits per heavy atom. The van der Waals surface area contributed by atoms with Crippen LogP contribution >= 0.6 is 11.8 Å². The molecule has 8 heteroatoms. The summed E-state index contributed by atoms with van der Waals surface area (Å²) in [6, 6.07) is 10.2. The second-order valence-corrected chi connectivity index (χ2v) is 6.01. The highest BCUT2D eigenvalue weighted by Gasteiger charge is 2.16. The first-order chi connectivity index (χ1) is 12.1. The minimum absolute atomic E-state index is 0.0463. The van der Waals surface area contributed by atoms with Gasteiger partial charge >= 0.3 is 0 Å². The second-order valence-electron chi connectivity index (χ2n) is 5.05. The molecule has 1 heterocycles. The Morgan fingerprint density at radius 1 is 1.24 bits per heavy atom. The predicted molar refractivity (Wildman–Crippen MR) is 92.8 cm³/mol. The van der Waals surface area contributed by atoms with Crippen LogP contribution in [0.4, 0.5) is 8.78 Å². The standard InChI is InChI=1S/C17H13F2N3O2S/c18-13-5-6-14(19)15(7-13)24-9-12-4-2-1-3-11(12)8-20-22-17-21-16(23)10-25-17/h1-8H,9-10H2,(H,21,22,23). The van der Waals surface area contributed by atoms with Gasteiger partial charge in [0.25, 0.3) is 0 Å². The number of hydrogen-bond acceptors (Lipinski definition) is 5. The Hall–Kier alpha value is -2.74. The number of carbonyl (C=O) groups excluding carboxylic acids is 1. The number of halogens is 2. The van der Waals surface area contributed by atoms with Crippen LogP contribution in [-0.4, -0.2) is 23.0 Å². The van der Waals surface area contributed by atoms with E-state index in [0.29, 0.717) is 10.9 Å². The summed E-state index contributed by atoms with van der Waals surface area (Å²) in [6.45, 7) is 0.0463. The van der Waals surface area contributed by atoms with Gasteiger partial charge in [-0.25, -0.2) is 8.78 Å². The molecule has 1 amide bonds. The SMILES string of the molecule is O=C1CSC(=NN=Cc2ccccc2COc2cc(F)ccc2F)N1. The highest BCUT2D eigenvalue weighted by atomic mass is 32.2. The van der Waals surface area contributed by atoms with Crippen molar-refractivity contribution in [1.82, 2.24) is 5.32 Å². The molecule has 0 spiro atoms. The smallest absolute Gasteiger partial charge is 0.236 e. The number of nitrogens with one attached hydrogen (secondary N) is 1. The quantitative estimate of drug-likeness (QED) is 0.658. The van der Waals surface area contributed by atoms with E-state index in [4.69, 9.17) is 4.74 Å². The van der Waals surface area contributed by atoms with Gasteiger partial charge in [0.1, 0.15) is 12.4 Å². The highest BCUT2D eigenvalue weighted by molar-refractivity contribution is 8.15. The molecular weight excluding hydrogens is 348 g/mol. The van der Waals surface area contributed by atoms with Gasteiger partial charge in [0.15, 0.2) is 16.7 Å². The molecule has 25 heavy (non-hydrogen) atoms. The summed E-state index contributed by atoms with van der Waals surface area (Å²) in [6.07, 6.45) is 1.51. The van der Waals surface area contributed by atoms with E-state index in [1.165, 1.54) is 18.0 Å². The summed E-state index contributed by atoms with van der Waals surface area (Å²) in [5.41, 5.74) is 1.45. The fraction of sp³-hybridized carbons (Fsp3) is 0.118. The summed E-state index contributed by atoms with van der Waals surface area (Å²) in [5, 5.41) is 10.9. The monoisotopic (exact) mass is 361 g/mol. The molecule has 1 saturated heterocycles. The first kappa shape index (κ1) is 17.1. The van der Waals surface area contributed by atoms with E-state index in [1.807, 2.05) is 6.07 Å². The van der Waals surface area contributed by atoms with Gasteiger partial charge in [-0.2, -0.15) is 5.10 Å². The Balaban J connectivity index is 1.70. The van der Waals surface area contributed by atoms with Gasteiger partial charge in [-0.3, -0.25) is 4.79 Å². The zero-order valence-corrected chi connectivity index (χ0v) is 13.7. The predicted octanol–water partition coefficient (Wildman–Crippen LogP) is 3.10. The van der Waals surface area contributed by atoms with Crippen molar-refractivity contribution >= 4 is 29.1 Å². The van der Waals surface area contributed by atoms with Crippen molar-refractivity contribution in [2.24, 2.45) is 10.2 Å². The summed E-state index contributed by atoms with van der Waals surface area (Å²) in [4.78, 5) is 11.1. The molecule has 2 aromatic carbocycles. The fourth-order valence-corrected chi connectivity index (χ4v) is 2.69. The average Bonchev–Trinajstić information content (AvgIpc) is 3.02. The molecule has 3 rings (SSSR count). The number of carbonyl (C=O) groups is 1. The Labute approximate surface area is 146 Å². The summed E-state index contributed by atoms with van der Waals surface area (Å²) >= 11 is 1.27. The van der Waals surface area contributed by atoms with Crippen molar-refractivity contribution in [1.29, 1.82) is 0 Å². The molecule has 1 N–H and O–H groups in total. The van der Waals surface area contributed by atoms with Crippen LogP contribution in [0.3, 0.4) is 0 Å². The molecule has 0 bridgehead atoms. The molecule has 128 valence electrons. The minimum atomic E-state index is -0.632. The molecule has 0 aliphatic carbocycles. The van der Waals surface area contributed by atoms with E-state index in [1.54, 1.807) is 18.2 Å². The van der Waals surface area contributed by atoms with Gasteiger partial charge in [0.05, 0.1) is 12.0 Å². The molecule has 0 radical (unpaired) electrons. The molecule has 0 atom stereocenters. The number of benzene rings is 2. The average molecular weight is 361 g/mol. The van der Waals surface area contributed by atoms with Crippen LogP contribution < -0.4 is 10.1 Å². The van der Waals surface area contributed by atoms with Gasteiger partial charge in [-0.1, -0.05) is 36.0 Å². The maximum atomic E-state index is 13.6. The Morgan fingerprint density at radius 3 is 2.88 bits per heavy atom. The molecule has 0 saturated carbocycles. The van der Waals surface area contributed by atoms with Crippen LogP contribution in [0.2, 0.25) is 0 Å². The molecule has 2 aromatic rings. The van der Waals surface area contributed by atoms with Gasteiger partial charge in [0.2, 0.25) is 5.91 Å². The van der Waals surface area contributed by atoms with E-state index in [2.05, 4.69) is 15.5 Å². The van der Waals surface area contributed by atoms with Crippen molar-refractivity contribution < 1.29 is 18.3 Å². The van der Waals surface area contributed by atoms with Crippen LogP contribution in [0.15, 0.2) is 52.7 Å². The van der Waals surface area contributed by atoms with Crippen LogP contribution in [0.1, 0.15) is 11.1 Å². The van der Waals surface area contributed by atoms with E-state index in [-0.39, 0.29) is 18.3 Å². The van der Waals surface area contributed by atoms with Crippen molar-refractivity contribution in [2.45, 2.75) is 6.61 Å². The third kappa shape index (κ3) is 4.63. The van der Waals surface area contributed by atoms with Crippen molar-refractivity contribution in [3.05, 3.63) is 65.2 Å². The maximum Gasteiger partial charge on any atom is 0.236 e. The topological polar surface area (TPSA) is 63.0 Å². The molecule has 0 aromatic heterocycles. The van der Waals surface area contributed by atoms with Crippen molar-refractivity contribution in [3.63, 3.8) is 0 Å². The first-order valence-corrected chi connectivity index (χ1v) is 8.30. The molecule has 1 aliphatic heterocycles. The fourth-order valence-electron chi connectivity index (χ4n) is 2.06. The normalized spacial score (nSPS) is 15.8. The van der Waals surface area contributed by atoms with Crippen LogP contribution in [0, 0.1) is 11.6 Å². The zero-order chi connectivity index (χ0) is 17.6. The largest absolute Gasteiger partial charge is 0.486 e. The first-order valence-electron chi connectivity index (χ1n) is 7.31. The van der Waals surface area contributed by atoms with Crippen LogP contribution in [0.25, 0.3) is 0 Å². The third-order valence-electron chi connectivity index (χ3n) is 3.26. The Bertz CT molecular complexity index is 856. The lowest BCUT2D eigenvalue weighted by Gasteiger charge is -2.09.